The van der Waals surface area contributed by atoms with Crippen LogP contribution in [0, 0.1) is 13.8 Å². The maximum atomic E-state index is 12.4. The Morgan fingerprint density at radius 3 is 2.57 bits per heavy atom. The molecule has 0 spiro atoms. The van der Waals surface area contributed by atoms with Crippen LogP contribution in [0.25, 0.3) is 6.08 Å². The lowest BCUT2D eigenvalue weighted by Crippen LogP contribution is -2.19. The smallest absolute Gasteiger partial charge is 0.264 e. The summed E-state index contributed by atoms with van der Waals surface area (Å²) < 4.78 is 11.1. The van der Waals surface area contributed by atoms with Gasteiger partial charge in [-0.1, -0.05) is 31.2 Å². The highest BCUT2D eigenvalue weighted by molar-refractivity contribution is 8.18. The number of hydrogen-bond acceptors (Lipinski definition) is 5. The predicted molar refractivity (Wildman–Crippen MR) is 116 cm³/mol. The van der Waals surface area contributed by atoms with Gasteiger partial charge in [0.2, 0.25) is 0 Å². The highest BCUT2D eigenvalue weighted by Gasteiger charge is 2.24. The Bertz CT molecular complexity index is 931. The Morgan fingerprint density at radius 2 is 1.89 bits per heavy atom. The Morgan fingerprint density at radius 1 is 1.14 bits per heavy atom. The van der Waals surface area contributed by atoms with E-state index in [2.05, 4.69) is 17.2 Å². The summed E-state index contributed by atoms with van der Waals surface area (Å²) in [6.45, 7) is 6.69. The first kappa shape index (κ1) is 20.0. The zero-order valence-corrected chi connectivity index (χ0v) is 17.4. The van der Waals surface area contributed by atoms with Crippen molar-refractivity contribution >= 4 is 34.6 Å². The van der Waals surface area contributed by atoms with Gasteiger partial charge in [0, 0.05) is 0 Å². The SMILES string of the molecule is CCCOc1cc(/C=C2\SC(=Nc3c(C)cccc3C)NC2=O)ccc1OC. The van der Waals surface area contributed by atoms with E-state index in [1.165, 1.54) is 11.8 Å². The minimum atomic E-state index is -0.151. The van der Waals surface area contributed by atoms with E-state index in [4.69, 9.17) is 9.47 Å². The number of carbonyl (C=O) groups is 1. The molecule has 1 fully saturated rings. The van der Waals surface area contributed by atoms with E-state index < -0.39 is 0 Å². The van der Waals surface area contributed by atoms with Crippen LogP contribution in [0.2, 0.25) is 0 Å². The molecule has 1 heterocycles. The maximum absolute atomic E-state index is 12.4. The monoisotopic (exact) mass is 396 g/mol. The average molecular weight is 397 g/mol. The highest BCUT2D eigenvalue weighted by atomic mass is 32.2. The van der Waals surface area contributed by atoms with Crippen molar-refractivity contribution in [2.45, 2.75) is 27.2 Å². The number of amides is 1. The van der Waals surface area contributed by atoms with Crippen molar-refractivity contribution in [2.75, 3.05) is 13.7 Å². The van der Waals surface area contributed by atoms with Gasteiger partial charge >= 0.3 is 0 Å². The summed E-state index contributed by atoms with van der Waals surface area (Å²) in [7, 11) is 1.61. The van der Waals surface area contributed by atoms with E-state index in [-0.39, 0.29) is 5.91 Å². The normalized spacial score (nSPS) is 16.5. The zero-order valence-electron chi connectivity index (χ0n) is 16.5. The second kappa shape index (κ2) is 8.97. The first-order valence-electron chi connectivity index (χ1n) is 9.18. The van der Waals surface area contributed by atoms with Crippen LogP contribution in [0.15, 0.2) is 46.3 Å². The van der Waals surface area contributed by atoms with E-state index in [0.717, 1.165) is 28.8 Å². The molecule has 1 aliphatic rings. The van der Waals surface area contributed by atoms with Crippen molar-refractivity contribution in [3.8, 4) is 11.5 Å². The van der Waals surface area contributed by atoms with Gasteiger partial charge in [0.25, 0.3) is 5.91 Å². The highest BCUT2D eigenvalue weighted by Crippen LogP contribution is 2.33. The van der Waals surface area contributed by atoms with Crippen LogP contribution in [-0.4, -0.2) is 24.8 Å². The molecule has 146 valence electrons. The Labute approximate surface area is 169 Å². The molecular formula is C22H24N2O3S. The molecule has 2 aromatic rings. The third kappa shape index (κ3) is 4.57. The lowest BCUT2D eigenvalue weighted by Gasteiger charge is -2.10. The second-order valence-electron chi connectivity index (χ2n) is 6.48. The molecule has 1 N–H and O–H groups in total. The molecule has 0 saturated carbocycles. The van der Waals surface area contributed by atoms with Crippen LogP contribution in [0.4, 0.5) is 5.69 Å². The average Bonchev–Trinajstić information content (AvgIpc) is 3.02. The number of thioether (sulfide) groups is 1. The number of carbonyl (C=O) groups excluding carboxylic acids is 1. The van der Waals surface area contributed by atoms with Gasteiger partial charge in [-0.05, 0) is 66.9 Å². The first-order chi connectivity index (χ1) is 13.5. The van der Waals surface area contributed by atoms with Gasteiger partial charge in [-0.25, -0.2) is 4.99 Å². The van der Waals surface area contributed by atoms with E-state index in [1.54, 1.807) is 7.11 Å². The Hall–Kier alpha value is -2.73. The van der Waals surface area contributed by atoms with E-state index in [9.17, 15) is 4.79 Å². The number of methoxy groups -OCH3 is 1. The molecule has 3 rings (SSSR count). The summed E-state index contributed by atoms with van der Waals surface area (Å²) in [6.07, 6.45) is 2.75. The fourth-order valence-corrected chi connectivity index (χ4v) is 3.65. The molecule has 1 aliphatic heterocycles. The standard InChI is InChI=1S/C22H24N2O3S/c1-5-11-27-18-12-16(9-10-17(18)26-4)13-19-21(25)24-22(28-19)23-20-14(2)7-6-8-15(20)3/h6-10,12-13H,5,11H2,1-4H3,(H,23,24,25)/b19-13-. The van der Waals surface area contributed by atoms with Crippen LogP contribution in [-0.2, 0) is 4.79 Å². The van der Waals surface area contributed by atoms with E-state index in [0.29, 0.717) is 28.2 Å². The van der Waals surface area contributed by atoms with Crippen molar-refractivity contribution in [3.63, 3.8) is 0 Å². The van der Waals surface area contributed by atoms with Crippen molar-refractivity contribution in [3.05, 3.63) is 58.0 Å². The Balaban J connectivity index is 1.85. The van der Waals surface area contributed by atoms with Gasteiger partial charge < -0.3 is 14.8 Å². The summed E-state index contributed by atoms with van der Waals surface area (Å²) >= 11 is 1.34. The quantitative estimate of drug-likeness (QED) is 0.699. The molecule has 1 saturated heterocycles. The van der Waals surface area contributed by atoms with Crippen LogP contribution in [0.5, 0.6) is 11.5 Å². The number of ether oxygens (including phenoxy) is 2. The van der Waals surface area contributed by atoms with Crippen LogP contribution in [0.3, 0.4) is 0 Å². The summed E-state index contributed by atoms with van der Waals surface area (Å²) in [5, 5.41) is 3.44. The zero-order chi connectivity index (χ0) is 20.1. The van der Waals surface area contributed by atoms with Gasteiger partial charge in [0.1, 0.15) is 0 Å². The summed E-state index contributed by atoms with van der Waals surface area (Å²) in [4.78, 5) is 17.6. The fourth-order valence-electron chi connectivity index (χ4n) is 2.82. The molecule has 0 unspecified atom stereocenters. The molecule has 5 nitrogen and oxygen atoms in total. The van der Waals surface area contributed by atoms with Gasteiger partial charge in [-0.3, -0.25) is 4.79 Å². The third-order valence-electron chi connectivity index (χ3n) is 4.25. The number of benzene rings is 2. The van der Waals surface area contributed by atoms with Crippen LogP contribution < -0.4 is 14.8 Å². The number of para-hydroxylation sites is 1. The molecule has 6 heteroatoms. The number of rotatable bonds is 6. The number of hydrogen-bond donors (Lipinski definition) is 1. The van der Waals surface area contributed by atoms with Crippen molar-refractivity contribution in [2.24, 2.45) is 4.99 Å². The number of aryl methyl sites for hydroxylation is 2. The summed E-state index contributed by atoms with van der Waals surface area (Å²) in [5.74, 6) is 1.20. The van der Waals surface area contributed by atoms with Crippen LogP contribution in [0.1, 0.15) is 30.0 Å². The van der Waals surface area contributed by atoms with Gasteiger partial charge in [0.05, 0.1) is 24.3 Å². The molecular weight excluding hydrogens is 372 g/mol. The minimum Gasteiger partial charge on any atom is -0.493 e. The molecule has 0 radical (unpaired) electrons. The summed E-state index contributed by atoms with van der Waals surface area (Å²) in [5.41, 5.74) is 3.92. The molecule has 28 heavy (non-hydrogen) atoms. The van der Waals surface area contributed by atoms with Gasteiger partial charge in [-0.2, -0.15) is 0 Å². The van der Waals surface area contributed by atoms with Crippen LogP contribution >= 0.6 is 11.8 Å². The van der Waals surface area contributed by atoms with E-state index >= 15 is 0 Å². The molecule has 0 bridgehead atoms. The Kier molecular flexibility index (Phi) is 6.41. The maximum Gasteiger partial charge on any atom is 0.264 e. The number of nitrogens with one attached hydrogen (secondary N) is 1. The van der Waals surface area contributed by atoms with E-state index in [1.807, 2.05) is 56.3 Å². The molecule has 0 aromatic heterocycles. The first-order valence-corrected chi connectivity index (χ1v) is 10.00. The number of amidine groups is 1. The summed E-state index contributed by atoms with van der Waals surface area (Å²) in [6, 6.07) is 11.7. The second-order valence-corrected chi connectivity index (χ2v) is 7.51. The lowest BCUT2D eigenvalue weighted by molar-refractivity contribution is -0.115. The van der Waals surface area contributed by atoms with Gasteiger partial charge in [-0.15, -0.1) is 0 Å². The topological polar surface area (TPSA) is 59.9 Å². The van der Waals surface area contributed by atoms with Crippen molar-refractivity contribution < 1.29 is 14.3 Å². The third-order valence-corrected chi connectivity index (χ3v) is 5.16. The lowest BCUT2D eigenvalue weighted by atomic mass is 10.1. The fraction of sp³-hybridized carbons (Fsp3) is 0.273. The largest absolute Gasteiger partial charge is 0.493 e. The van der Waals surface area contributed by atoms with Crippen molar-refractivity contribution in [1.29, 1.82) is 0 Å². The molecule has 1 amide bonds. The molecule has 0 atom stereocenters. The van der Waals surface area contributed by atoms with Crippen molar-refractivity contribution in [1.82, 2.24) is 5.32 Å². The molecule has 0 aliphatic carbocycles. The minimum absolute atomic E-state index is 0.151. The predicted octanol–water partition coefficient (Wildman–Crippen LogP) is 4.99. The number of nitrogens with zero attached hydrogens (tertiary/aromatic N) is 1. The number of aliphatic imine (C=N–C) groups is 1. The van der Waals surface area contributed by atoms with Gasteiger partial charge in [0.15, 0.2) is 16.7 Å². The molecule has 2 aromatic carbocycles.